The number of nitrogens with zero attached hydrogens (tertiary/aromatic N) is 1. The first kappa shape index (κ1) is 26.8. The number of rotatable bonds is 11. The Morgan fingerprint density at radius 3 is 2.19 bits per heavy atom. The number of aliphatic imine (C=N–C) groups is 1. The van der Waals surface area contributed by atoms with Gasteiger partial charge in [0.2, 0.25) is 0 Å². The topological polar surface area (TPSA) is 73.3 Å². The van der Waals surface area contributed by atoms with Gasteiger partial charge in [-0.1, -0.05) is 12.1 Å². The van der Waals surface area contributed by atoms with Gasteiger partial charge in [-0.15, -0.1) is 24.0 Å². The van der Waals surface area contributed by atoms with Crippen molar-refractivity contribution in [2.24, 2.45) is 4.99 Å². The summed E-state index contributed by atoms with van der Waals surface area (Å²) in [5, 5.41) is 6.66. The highest BCUT2D eigenvalue weighted by molar-refractivity contribution is 14.0. The lowest BCUT2D eigenvalue weighted by atomic mass is 10.1. The van der Waals surface area contributed by atoms with E-state index in [1.807, 2.05) is 31.2 Å². The van der Waals surface area contributed by atoms with Gasteiger partial charge in [0.15, 0.2) is 5.96 Å². The number of nitrogens with one attached hydrogen (secondary N) is 2. The fourth-order valence-corrected chi connectivity index (χ4v) is 2.87. The van der Waals surface area contributed by atoms with Gasteiger partial charge in [0, 0.05) is 43.9 Å². The molecule has 0 bridgehead atoms. The lowest BCUT2D eigenvalue weighted by Crippen LogP contribution is -2.36. The monoisotopic (exact) mass is 543 g/mol. The van der Waals surface area contributed by atoms with Gasteiger partial charge in [0.05, 0.1) is 20.8 Å². The van der Waals surface area contributed by atoms with E-state index >= 15 is 0 Å². The van der Waals surface area contributed by atoms with E-state index in [0.717, 1.165) is 33.9 Å². The molecule has 2 rings (SSSR count). The van der Waals surface area contributed by atoms with Crippen LogP contribution in [0.4, 0.5) is 0 Å². The fraction of sp³-hybridized carbons (Fsp3) is 0.435. The van der Waals surface area contributed by atoms with E-state index in [1.165, 1.54) is 0 Å². The molecular formula is C23H34IN3O4. The summed E-state index contributed by atoms with van der Waals surface area (Å²) >= 11 is 0. The lowest BCUT2D eigenvalue weighted by molar-refractivity contribution is 0.110. The molecule has 0 spiro atoms. The van der Waals surface area contributed by atoms with Crippen LogP contribution in [0.25, 0.3) is 0 Å². The van der Waals surface area contributed by atoms with Gasteiger partial charge in [-0.05, 0) is 37.6 Å². The Hall–Kier alpha value is -2.20. The molecule has 0 aliphatic carbocycles. The van der Waals surface area contributed by atoms with E-state index in [1.54, 1.807) is 21.3 Å². The van der Waals surface area contributed by atoms with E-state index in [4.69, 9.17) is 18.9 Å². The average molecular weight is 543 g/mol. The Morgan fingerprint density at radius 1 is 0.903 bits per heavy atom. The second-order valence-electron chi connectivity index (χ2n) is 6.61. The highest BCUT2D eigenvalue weighted by Crippen LogP contribution is 2.24. The highest BCUT2D eigenvalue weighted by Gasteiger charge is 2.08. The predicted molar refractivity (Wildman–Crippen MR) is 135 cm³/mol. The van der Waals surface area contributed by atoms with Crippen LogP contribution in [0.2, 0.25) is 0 Å². The van der Waals surface area contributed by atoms with Crippen LogP contribution in [-0.4, -0.2) is 47.0 Å². The summed E-state index contributed by atoms with van der Waals surface area (Å²) in [6.07, 6.45) is 0. The minimum Gasteiger partial charge on any atom is -0.497 e. The standard InChI is InChI=1S/C23H33N3O4.HI/c1-6-29-11-12-30-22-13-17(2)7-8-19(22)16-26-23(24-3)25-15-18-9-10-20(27-4)14-21(18)28-5;/h7-10,13-14H,6,11-12,15-16H2,1-5H3,(H2,24,25,26);1H. The van der Waals surface area contributed by atoms with Crippen molar-refractivity contribution >= 4 is 29.9 Å². The summed E-state index contributed by atoms with van der Waals surface area (Å²) < 4.78 is 22.0. The van der Waals surface area contributed by atoms with Crippen molar-refractivity contribution in [1.82, 2.24) is 10.6 Å². The van der Waals surface area contributed by atoms with Crippen molar-refractivity contribution in [3.05, 3.63) is 53.1 Å². The van der Waals surface area contributed by atoms with Crippen LogP contribution in [0, 0.1) is 6.92 Å². The molecule has 0 radical (unpaired) electrons. The summed E-state index contributed by atoms with van der Waals surface area (Å²) in [5.41, 5.74) is 3.22. The molecule has 2 N–H and O–H groups in total. The molecule has 172 valence electrons. The maximum absolute atomic E-state index is 5.91. The molecule has 7 nitrogen and oxygen atoms in total. The average Bonchev–Trinajstić information content (AvgIpc) is 2.77. The smallest absolute Gasteiger partial charge is 0.191 e. The highest BCUT2D eigenvalue weighted by atomic mass is 127. The van der Waals surface area contributed by atoms with Gasteiger partial charge in [-0.2, -0.15) is 0 Å². The van der Waals surface area contributed by atoms with Crippen molar-refractivity contribution in [1.29, 1.82) is 0 Å². The Bertz CT molecular complexity index is 830. The number of hydrogen-bond donors (Lipinski definition) is 2. The molecule has 0 atom stereocenters. The summed E-state index contributed by atoms with van der Waals surface area (Å²) in [7, 11) is 5.03. The molecule has 0 saturated heterocycles. The Balaban J connectivity index is 0.00000480. The van der Waals surface area contributed by atoms with Crippen molar-refractivity contribution < 1.29 is 18.9 Å². The predicted octanol–water partition coefficient (Wildman–Crippen LogP) is 3.91. The first-order chi connectivity index (χ1) is 14.6. The zero-order chi connectivity index (χ0) is 21.8. The third kappa shape index (κ3) is 8.82. The number of benzene rings is 2. The quantitative estimate of drug-likeness (QED) is 0.194. The maximum Gasteiger partial charge on any atom is 0.191 e. The van der Waals surface area contributed by atoms with Gasteiger partial charge in [0.25, 0.3) is 0 Å². The van der Waals surface area contributed by atoms with Crippen LogP contribution in [0.3, 0.4) is 0 Å². The SMILES string of the molecule is CCOCCOc1cc(C)ccc1CNC(=NC)NCc1ccc(OC)cc1OC.I. The van der Waals surface area contributed by atoms with Crippen molar-refractivity contribution in [3.8, 4) is 17.2 Å². The second-order valence-corrected chi connectivity index (χ2v) is 6.61. The maximum atomic E-state index is 5.91. The number of guanidine groups is 1. The van der Waals surface area contributed by atoms with E-state index in [-0.39, 0.29) is 24.0 Å². The summed E-state index contributed by atoms with van der Waals surface area (Å²) in [4.78, 5) is 4.31. The molecule has 0 heterocycles. The minimum atomic E-state index is 0. The molecule has 0 saturated carbocycles. The van der Waals surface area contributed by atoms with Gasteiger partial charge in [-0.25, -0.2) is 0 Å². The molecule has 0 aromatic heterocycles. The third-order valence-corrected chi connectivity index (χ3v) is 4.52. The Morgan fingerprint density at radius 2 is 1.58 bits per heavy atom. The van der Waals surface area contributed by atoms with E-state index in [9.17, 15) is 0 Å². The number of hydrogen-bond acceptors (Lipinski definition) is 5. The van der Waals surface area contributed by atoms with Crippen molar-refractivity contribution in [2.75, 3.05) is 41.1 Å². The molecule has 0 amide bonds. The van der Waals surface area contributed by atoms with Crippen LogP contribution in [0.5, 0.6) is 17.2 Å². The zero-order valence-corrected chi connectivity index (χ0v) is 21.3. The minimum absolute atomic E-state index is 0. The van der Waals surface area contributed by atoms with Crippen LogP contribution < -0.4 is 24.8 Å². The van der Waals surface area contributed by atoms with Gasteiger partial charge in [0.1, 0.15) is 23.9 Å². The van der Waals surface area contributed by atoms with Crippen LogP contribution in [-0.2, 0) is 17.8 Å². The van der Waals surface area contributed by atoms with Crippen LogP contribution in [0.1, 0.15) is 23.6 Å². The lowest BCUT2D eigenvalue weighted by Gasteiger charge is -2.16. The largest absolute Gasteiger partial charge is 0.497 e. The van der Waals surface area contributed by atoms with E-state index < -0.39 is 0 Å². The number of ether oxygens (including phenoxy) is 4. The first-order valence-corrected chi connectivity index (χ1v) is 10.1. The van der Waals surface area contributed by atoms with E-state index in [0.29, 0.717) is 38.9 Å². The van der Waals surface area contributed by atoms with Crippen LogP contribution in [0.15, 0.2) is 41.4 Å². The number of methoxy groups -OCH3 is 2. The number of halogens is 1. The molecule has 8 heteroatoms. The number of aryl methyl sites for hydroxylation is 1. The Labute approximate surface area is 202 Å². The van der Waals surface area contributed by atoms with E-state index in [2.05, 4.69) is 34.7 Å². The van der Waals surface area contributed by atoms with Gasteiger partial charge < -0.3 is 29.6 Å². The summed E-state index contributed by atoms with van der Waals surface area (Å²) in [6, 6.07) is 11.9. The zero-order valence-electron chi connectivity index (χ0n) is 19.0. The second kappa shape index (κ2) is 14.7. The molecular weight excluding hydrogens is 509 g/mol. The molecule has 0 aliphatic heterocycles. The molecule has 0 aliphatic rings. The molecule has 0 fully saturated rings. The van der Waals surface area contributed by atoms with Crippen molar-refractivity contribution in [2.45, 2.75) is 26.9 Å². The molecule has 31 heavy (non-hydrogen) atoms. The van der Waals surface area contributed by atoms with Gasteiger partial charge >= 0.3 is 0 Å². The summed E-state index contributed by atoms with van der Waals surface area (Å²) in [6.45, 7) is 6.96. The molecule has 2 aromatic carbocycles. The van der Waals surface area contributed by atoms with Crippen LogP contribution >= 0.6 is 24.0 Å². The normalized spacial score (nSPS) is 10.8. The summed E-state index contributed by atoms with van der Waals surface area (Å²) in [5.74, 6) is 3.07. The van der Waals surface area contributed by atoms with Gasteiger partial charge in [-0.3, -0.25) is 4.99 Å². The molecule has 0 unspecified atom stereocenters. The Kier molecular flexibility index (Phi) is 12.8. The van der Waals surface area contributed by atoms with Crippen molar-refractivity contribution in [3.63, 3.8) is 0 Å². The third-order valence-electron chi connectivity index (χ3n) is 4.52. The fourth-order valence-electron chi connectivity index (χ4n) is 2.87. The first-order valence-electron chi connectivity index (χ1n) is 10.1. The molecule has 2 aromatic rings.